The first kappa shape index (κ1) is 22.9. The van der Waals surface area contributed by atoms with Crippen LogP contribution in [0.5, 0.6) is 11.5 Å². The minimum absolute atomic E-state index is 0.0717. The molecule has 0 unspecified atom stereocenters. The number of anilines is 1. The van der Waals surface area contributed by atoms with Crippen LogP contribution in [0.3, 0.4) is 0 Å². The Labute approximate surface area is 174 Å². The van der Waals surface area contributed by atoms with E-state index in [0.29, 0.717) is 30.4 Å². The highest BCUT2D eigenvalue weighted by Crippen LogP contribution is 2.30. The summed E-state index contributed by atoms with van der Waals surface area (Å²) in [6.07, 6.45) is 0. The smallest absolute Gasteiger partial charge is 0.246 e. The number of ether oxygens (including phenoxy) is 2. The van der Waals surface area contributed by atoms with E-state index in [1.807, 2.05) is 13.8 Å². The monoisotopic (exact) mass is 444 g/mol. The lowest BCUT2D eigenvalue weighted by Gasteiger charge is -2.18. The van der Waals surface area contributed by atoms with E-state index < -0.39 is 33.2 Å². The summed E-state index contributed by atoms with van der Waals surface area (Å²) in [6.45, 7) is 4.00. The average Bonchev–Trinajstić information content (AvgIpc) is 2.63. The van der Waals surface area contributed by atoms with Gasteiger partial charge in [0.2, 0.25) is 15.9 Å². The molecular weight excluding hydrogens is 423 g/mol. The van der Waals surface area contributed by atoms with Crippen LogP contribution in [0, 0.1) is 5.82 Å². The van der Waals surface area contributed by atoms with Gasteiger partial charge in [0.25, 0.3) is 0 Å². The van der Waals surface area contributed by atoms with Crippen LogP contribution in [0.25, 0.3) is 0 Å². The number of nitrogens with zero attached hydrogens (tertiary/aromatic N) is 1. The van der Waals surface area contributed by atoms with Crippen molar-refractivity contribution in [3.63, 3.8) is 0 Å². The summed E-state index contributed by atoms with van der Waals surface area (Å²) in [4.78, 5) is 11.8. The largest absolute Gasteiger partial charge is 0.490 e. The molecule has 10 heteroatoms. The second-order valence-electron chi connectivity index (χ2n) is 5.91. The molecule has 0 aliphatic heterocycles. The zero-order valence-corrected chi connectivity index (χ0v) is 17.8. The number of carbonyl (C=O) groups is 1. The molecule has 29 heavy (non-hydrogen) atoms. The maximum absolute atomic E-state index is 14.0. The van der Waals surface area contributed by atoms with Crippen molar-refractivity contribution >= 4 is 33.2 Å². The quantitative estimate of drug-likeness (QED) is 0.639. The molecule has 2 aromatic rings. The fraction of sp³-hybridized carbons (Fsp3) is 0.316. The van der Waals surface area contributed by atoms with Crippen molar-refractivity contribution in [3.8, 4) is 11.5 Å². The summed E-state index contributed by atoms with van der Waals surface area (Å²) in [6, 6.07) is 8.06. The number of amides is 1. The molecule has 1 N–H and O–H groups in total. The maximum atomic E-state index is 14.0. The van der Waals surface area contributed by atoms with Gasteiger partial charge in [-0.15, -0.1) is 0 Å². The molecule has 0 fully saturated rings. The lowest BCUT2D eigenvalue weighted by molar-refractivity contribution is -0.116. The molecule has 2 aromatic carbocycles. The minimum atomic E-state index is -4.21. The van der Waals surface area contributed by atoms with Gasteiger partial charge in [-0.05, 0) is 44.2 Å². The number of nitrogens with one attached hydrogen (secondary N) is 1. The molecule has 0 aromatic heterocycles. The average molecular weight is 445 g/mol. The standard InChI is InChI=1S/C19H22ClFN2O5S/c1-4-27-16-8-7-14(11-17(16)28-5-2)22-19(24)12-23(3)29(25,26)18-9-6-13(20)10-15(18)21/h6-11H,4-5,12H2,1-3H3,(H,22,24). The number of carbonyl (C=O) groups excluding carboxylic acids is 1. The third-order valence-electron chi connectivity index (χ3n) is 3.78. The number of benzene rings is 2. The first-order chi connectivity index (χ1) is 13.7. The Balaban J connectivity index is 2.12. The van der Waals surface area contributed by atoms with Gasteiger partial charge in [0.05, 0.1) is 19.8 Å². The van der Waals surface area contributed by atoms with Gasteiger partial charge in [0.1, 0.15) is 10.7 Å². The summed E-state index contributed by atoms with van der Waals surface area (Å²) < 4.78 is 50.8. The highest BCUT2D eigenvalue weighted by molar-refractivity contribution is 7.89. The van der Waals surface area contributed by atoms with Crippen molar-refractivity contribution in [2.45, 2.75) is 18.7 Å². The highest BCUT2D eigenvalue weighted by atomic mass is 35.5. The van der Waals surface area contributed by atoms with E-state index in [0.717, 1.165) is 16.4 Å². The van der Waals surface area contributed by atoms with E-state index in [1.54, 1.807) is 18.2 Å². The summed E-state index contributed by atoms with van der Waals surface area (Å²) in [5.74, 6) is -0.601. The Morgan fingerprint density at radius 1 is 1.10 bits per heavy atom. The van der Waals surface area contributed by atoms with Crippen LogP contribution in [0.4, 0.5) is 10.1 Å². The molecule has 0 heterocycles. The molecule has 0 spiro atoms. The number of hydrogen-bond acceptors (Lipinski definition) is 5. The molecule has 0 bridgehead atoms. The fourth-order valence-electron chi connectivity index (χ4n) is 2.47. The molecule has 1 amide bonds. The fourth-order valence-corrected chi connectivity index (χ4v) is 3.80. The predicted octanol–water partition coefficient (Wildman–Crippen LogP) is 3.54. The van der Waals surface area contributed by atoms with Crippen LogP contribution in [-0.4, -0.2) is 45.4 Å². The highest BCUT2D eigenvalue weighted by Gasteiger charge is 2.26. The first-order valence-electron chi connectivity index (χ1n) is 8.79. The molecule has 0 saturated carbocycles. The van der Waals surface area contributed by atoms with Crippen LogP contribution in [0.15, 0.2) is 41.3 Å². The molecule has 0 aliphatic carbocycles. The third-order valence-corrected chi connectivity index (χ3v) is 5.85. The van der Waals surface area contributed by atoms with Crippen LogP contribution in [0.1, 0.15) is 13.8 Å². The zero-order valence-electron chi connectivity index (χ0n) is 16.2. The van der Waals surface area contributed by atoms with E-state index in [4.69, 9.17) is 21.1 Å². The van der Waals surface area contributed by atoms with Crippen LogP contribution >= 0.6 is 11.6 Å². The van der Waals surface area contributed by atoms with Crippen LogP contribution in [0.2, 0.25) is 5.02 Å². The summed E-state index contributed by atoms with van der Waals surface area (Å²) in [7, 11) is -3.02. The van der Waals surface area contributed by atoms with Gasteiger partial charge in [0.15, 0.2) is 11.5 Å². The minimum Gasteiger partial charge on any atom is -0.490 e. The van der Waals surface area contributed by atoms with Gasteiger partial charge < -0.3 is 14.8 Å². The van der Waals surface area contributed by atoms with E-state index in [-0.39, 0.29) is 5.02 Å². The maximum Gasteiger partial charge on any atom is 0.246 e. The number of sulfonamides is 1. The molecule has 158 valence electrons. The Hall–Kier alpha value is -2.36. The second kappa shape index (κ2) is 9.91. The van der Waals surface area contributed by atoms with E-state index in [2.05, 4.69) is 5.32 Å². The van der Waals surface area contributed by atoms with Gasteiger partial charge in [-0.2, -0.15) is 4.31 Å². The number of hydrogen-bond donors (Lipinski definition) is 1. The Morgan fingerprint density at radius 3 is 2.38 bits per heavy atom. The van der Waals surface area contributed by atoms with E-state index in [9.17, 15) is 17.6 Å². The zero-order chi connectivity index (χ0) is 21.6. The van der Waals surface area contributed by atoms with Crippen molar-refractivity contribution in [3.05, 3.63) is 47.2 Å². The van der Waals surface area contributed by atoms with Crippen molar-refractivity contribution < 1.29 is 27.1 Å². The lowest BCUT2D eigenvalue weighted by atomic mass is 10.2. The van der Waals surface area contributed by atoms with Crippen molar-refractivity contribution in [2.75, 3.05) is 32.1 Å². The molecule has 7 nitrogen and oxygen atoms in total. The first-order valence-corrected chi connectivity index (χ1v) is 10.6. The van der Waals surface area contributed by atoms with Crippen LogP contribution in [-0.2, 0) is 14.8 Å². The number of rotatable bonds is 9. The number of halogens is 2. The third kappa shape index (κ3) is 5.81. The van der Waals surface area contributed by atoms with Crippen molar-refractivity contribution in [2.24, 2.45) is 0 Å². The topological polar surface area (TPSA) is 84.9 Å². The molecule has 0 saturated heterocycles. The van der Waals surface area contributed by atoms with Gasteiger partial charge in [0, 0.05) is 23.8 Å². The molecule has 2 rings (SSSR count). The normalized spacial score (nSPS) is 11.4. The second-order valence-corrected chi connectivity index (χ2v) is 8.36. The number of likely N-dealkylation sites (N-methyl/N-ethyl adjacent to an activating group) is 1. The van der Waals surface area contributed by atoms with Gasteiger partial charge in [-0.25, -0.2) is 12.8 Å². The Kier molecular flexibility index (Phi) is 7.83. The summed E-state index contributed by atoms with van der Waals surface area (Å²) in [5.41, 5.74) is 0.408. The Bertz CT molecular complexity index is 985. The Morgan fingerprint density at radius 2 is 1.76 bits per heavy atom. The van der Waals surface area contributed by atoms with Gasteiger partial charge >= 0.3 is 0 Å². The molecular formula is C19H22ClFN2O5S. The van der Waals surface area contributed by atoms with Gasteiger partial charge in [-0.3, -0.25) is 4.79 Å². The van der Waals surface area contributed by atoms with Gasteiger partial charge in [-0.1, -0.05) is 11.6 Å². The van der Waals surface area contributed by atoms with Crippen molar-refractivity contribution in [1.29, 1.82) is 0 Å². The lowest BCUT2D eigenvalue weighted by Crippen LogP contribution is -2.35. The molecule has 0 radical (unpaired) electrons. The van der Waals surface area contributed by atoms with Crippen LogP contribution < -0.4 is 14.8 Å². The summed E-state index contributed by atoms with van der Waals surface area (Å²) in [5, 5.41) is 2.66. The molecule has 0 atom stereocenters. The molecule has 0 aliphatic rings. The van der Waals surface area contributed by atoms with E-state index >= 15 is 0 Å². The summed E-state index contributed by atoms with van der Waals surface area (Å²) >= 11 is 5.66. The van der Waals surface area contributed by atoms with Crippen molar-refractivity contribution in [1.82, 2.24) is 4.31 Å². The SMILES string of the molecule is CCOc1ccc(NC(=O)CN(C)S(=O)(=O)c2ccc(Cl)cc2F)cc1OCC. The predicted molar refractivity (Wildman–Crippen MR) is 109 cm³/mol. The van der Waals surface area contributed by atoms with E-state index in [1.165, 1.54) is 13.1 Å².